The zero-order valence-corrected chi connectivity index (χ0v) is 17.1. The first kappa shape index (κ1) is 20.4. The number of nitrogens with zero attached hydrogens (tertiary/aromatic N) is 1. The normalized spacial score (nSPS) is 10.4. The van der Waals surface area contributed by atoms with Gasteiger partial charge in [0, 0.05) is 23.1 Å². The van der Waals surface area contributed by atoms with Crippen molar-refractivity contribution in [1.82, 2.24) is 0 Å². The van der Waals surface area contributed by atoms with Crippen LogP contribution >= 0.6 is 0 Å². The van der Waals surface area contributed by atoms with Gasteiger partial charge < -0.3 is 9.64 Å². The van der Waals surface area contributed by atoms with Gasteiger partial charge in [0.15, 0.2) is 0 Å². The Hall–Kier alpha value is -3.33. The van der Waals surface area contributed by atoms with Crippen molar-refractivity contribution in [3.05, 3.63) is 102 Å². The summed E-state index contributed by atoms with van der Waals surface area (Å²) in [5.41, 5.74) is 7.16. The summed E-state index contributed by atoms with van der Waals surface area (Å²) in [5, 5.41) is 0. The molecule has 0 N–H and O–H groups in total. The molecule has 0 saturated heterocycles. The molecule has 29 heavy (non-hydrogen) atoms. The summed E-state index contributed by atoms with van der Waals surface area (Å²) in [7, 11) is 0. The maximum absolute atomic E-state index is 11.1. The zero-order valence-electron chi connectivity index (χ0n) is 17.1. The Morgan fingerprint density at radius 3 is 2.21 bits per heavy atom. The fourth-order valence-corrected chi connectivity index (χ4v) is 3.21. The molecule has 0 fully saturated rings. The van der Waals surface area contributed by atoms with E-state index in [9.17, 15) is 4.79 Å². The van der Waals surface area contributed by atoms with Gasteiger partial charge in [0.2, 0.25) is 0 Å². The molecule has 0 saturated carbocycles. The van der Waals surface area contributed by atoms with Crippen LogP contribution in [0.4, 0.5) is 17.1 Å². The van der Waals surface area contributed by atoms with Crippen molar-refractivity contribution in [3.8, 4) is 0 Å². The second kappa shape index (κ2) is 9.74. The number of esters is 1. The van der Waals surface area contributed by atoms with Crippen LogP contribution in [0.25, 0.3) is 0 Å². The third kappa shape index (κ3) is 5.35. The Morgan fingerprint density at radius 2 is 1.55 bits per heavy atom. The van der Waals surface area contributed by atoms with Crippen molar-refractivity contribution < 1.29 is 9.53 Å². The smallest absolute Gasteiger partial charge is 0.330 e. The van der Waals surface area contributed by atoms with E-state index in [1.165, 1.54) is 22.8 Å². The van der Waals surface area contributed by atoms with Crippen molar-refractivity contribution >= 4 is 23.0 Å². The molecule has 0 aromatic heterocycles. The van der Waals surface area contributed by atoms with Gasteiger partial charge in [-0.2, -0.15) is 0 Å². The SMILES string of the molecule is C=CC(=O)OCCCc1ccc(N(c2ccccc2)c2ccc(C)c(C)c2)cc1. The second-order valence-electron chi connectivity index (χ2n) is 7.08. The molecular formula is C26H27NO2. The number of ether oxygens (including phenoxy) is 1. The Labute approximate surface area is 173 Å². The van der Waals surface area contributed by atoms with E-state index in [2.05, 4.69) is 92.1 Å². The summed E-state index contributed by atoms with van der Waals surface area (Å²) in [4.78, 5) is 13.4. The van der Waals surface area contributed by atoms with Crippen LogP contribution in [-0.2, 0) is 16.0 Å². The lowest BCUT2D eigenvalue weighted by molar-refractivity contribution is -0.137. The first-order chi connectivity index (χ1) is 14.1. The molecule has 0 heterocycles. The summed E-state index contributed by atoms with van der Waals surface area (Å²) in [6.45, 7) is 8.09. The number of anilines is 3. The highest BCUT2D eigenvalue weighted by atomic mass is 16.5. The minimum Gasteiger partial charge on any atom is -0.463 e. The quantitative estimate of drug-likeness (QED) is 0.254. The maximum atomic E-state index is 11.1. The number of hydrogen-bond acceptors (Lipinski definition) is 3. The molecule has 0 aliphatic carbocycles. The topological polar surface area (TPSA) is 29.5 Å². The van der Waals surface area contributed by atoms with Crippen LogP contribution in [0.2, 0.25) is 0 Å². The second-order valence-corrected chi connectivity index (χ2v) is 7.08. The fourth-order valence-electron chi connectivity index (χ4n) is 3.21. The van der Waals surface area contributed by atoms with E-state index in [-0.39, 0.29) is 5.97 Å². The predicted octanol–water partition coefficient (Wildman–Crippen LogP) is 6.44. The first-order valence-corrected chi connectivity index (χ1v) is 9.89. The number of hydrogen-bond donors (Lipinski definition) is 0. The van der Waals surface area contributed by atoms with E-state index >= 15 is 0 Å². The van der Waals surface area contributed by atoms with Crippen LogP contribution in [0.1, 0.15) is 23.1 Å². The minimum absolute atomic E-state index is 0.368. The van der Waals surface area contributed by atoms with Gasteiger partial charge in [0.05, 0.1) is 6.61 Å². The van der Waals surface area contributed by atoms with Crippen LogP contribution in [0.3, 0.4) is 0 Å². The van der Waals surface area contributed by atoms with Crippen molar-refractivity contribution in [1.29, 1.82) is 0 Å². The summed E-state index contributed by atoms with van der Waals surface area (Å²) in [6, 6.07) is 25.5. The van der Waals surface area contributed by atoms with Gasteiger partial charge in [0.1, 0.15) is 0 Å². The van der Waals surface area contributed by atoms with Crippen LogP contribution < -0.4 is 4.90 Å². The molecule has 0 radical (unpaired) electrons. The minimum atomic E-state index is -0.368. The zero-order chi connectivity index (χ0) is 20.6. The Kier molecular flexibility index (Phi) is 6.85. The molecule has 3 aromatic rings. The predicted molar refractivity (Wildman–Crippen MR) is 120 cm³/mol. The Balaban J connectivity index is 1.80. The highest BCUT2D eigenvalue weighted by Crippen LogP contribution is 2.35. The fraction of sp³-hybridized carbons (Fsp3) is 0.192. The van der Waals surface area contributed by atoms with Gasteiger partial charge >= 0.3 is 5.97 Å². The standard InChI is InChI=1S/C26H27NO2/c1-4-26(28)29-18-8-9-22-13-16-24(17-14-22)27(23-10-6-5-7-11-23)25-15-12-20(2)21(3)19-25/h4-7,10-17,19H,1,8-9,18H2,2-3H3. The average molecular weight is 386 g/mol. The molecule has 0 aliphatic rings. The summed E-state index contributed by atoms with van der Waals surface area (Å²) >= 11 is 0. The number of benzene rings is 3. The number of rotatable bonds is 8. The number of aryl methyl sites for hydroxylation is 3. The highest BCUT2D eigenvalue weighted by molar-refractivity contribution is 5.81. The lowest BCUT2D eigenvalue weighted by Gasteiger charge is -2.26. The molecule has 0 unspecified atom stereocenters. The third-order valence-corrected chi connectivity index (χ3v) is 4.98. The van der Waals surface area contributed by atoms with Gasteiger partial charge in [-0.15, -0.1) is 0 Å². The molecule has 3 aromatic carbocycles. The van der Waals surface area contributed by atoms with E-state index in [0.29, 0.717) is 6.61 Å². The van der Waals surface area contributed by atoms with Gasteiger partial charge in [-0.05, 0) is 79.8 Å². The molecule has 0 aliphatic heterocycles. The lowest BCUT2D eigenvalue weighted by atomic mass is 10.1. The number of carbonyl (C=O) groups is 1. The molecule has 0 atom stereocenters. The van der Waals surface area contributed by atoms with E-state index in [4.69, 9.17) is 4.74 Å². The molecule has 3 heteroatoms. The molecular weight excluding hydrogens is 358 g/mol. The van der Waals surface area contributed by atoms with Gasteiger partial charge in [-0.25, -0.2) is 4.79 Å². The van der Waals surface area contributed by atoms with Crippen LogP contribution in [0.15, 0.2) is 85.5 Å². The largest absolute Gasteiger partial charge is 0.463 e. The van der Waals surface area contributed by atoms with E-state index in [1.807, 2.05) is 6.07 Å². The molecule has 3 nitrogen and oxygen atoms in total. The first-order valence-electron chi connectivity index (χ1n) is 9.89. The van der Waals surface area contributed by atoms with Crippen molar-refractivity contribution in [3.63, 3.8) is 0 Å². The molecule has 0 spiro atoms. The van der Waals surface area contributed by atoms with Crippen molar-refractivity contribution in [2.24, 2.45) is 0 Å². The van der Waals surface area contributed by atoms with Crippen molar-refractivity contribution in [2.45, 2.75) is 26.7 Å². The van der Waals surface area contributed by atoms with Gasteiger partial charge in [0.25, 0.3) is 0 Å². The average Bonchev–Trinajstić information content (AvgIpc) is 2.75. The third-order valence-electron chi connectivity index (χ3n) is 4.98. The van der Waals surface area contributed by atoms with Gasteiger partial charge in [-0.1, -0.05) is 43.0 Å². The van der Waals surface area contributed by atoms with E-state index in [0.717, 1.165) is 29.9 Å². The number of carbonyl (C=O) groups excluding carboxylic acids is 1. The molecule has 0 bridgehead atoms. The summed E-state index contributed by atoms with van der Waals surface area (Å²) in [6.07, 6.45) is 2.85. The van der Waals surface area contributed by atoms with Crippen LogP contribution in [0, 0.1) is 13.8 Å². The Bertz CT molecular complexity index is 962. The van der Waals surface area contributed by atoms with Crippen LogP contribution in [-0.4, -0.2) is 12.6 Å². The molecule has 0 amide bonds. The highest BCUT2D eigenvalue weighted by Gasteiger charge is 2.12. The number of para-hydroxylation sites is 1. The van der Waals surface area contributed by atoms with Crippen molar-refractivity contribution in [2.75, 3.05) is 11.5 Å². The lowest BCUT2D eigenvalue weighted by Crippen LogP contribution is -2.10. The monoisotopic (exact) mass is 385 g/mol. The van der Waals surface area contributed by atoms with Crippen LogP contribution in [0.5, 0.6) is 0 Å². The van der Waals surface area contributed by atoms with E-state index in [1.54, 1.807) is 0 Å². The Morgan fingerprint density at radius 1 is 0.897 bits per heavy atom. The molecule has 3 rings (SSSR count). The van der Waals surface area contributed by atoms with E-state index < -0.39 is 0 Å². The van der Waals surface area contributed by atoms with Gasteiger partial charge in [-0.3, -0.25) is 0 Å². The molecule has 148 valence electrons. The summed E-state index contributed by atoms with van der Waals surface area (Å²) < 4.78 is 5.05. The summed E-state index contributed by atoms with van der Waals surface area (Å²) in [5.74, 6) is -0.368. The maximum Gasteiger partial charge on any atom is 0.330 e.